The van der Waals surface area contributed by atoms with Crippen LogP contribution in [0.3, 0.4) is 0 Å². The number of hydrogen-bond donors (Lipinski definition) is 1. The molecule has 0 aliphatic rings. The highest BCUT2D eigenvalue weighted by atomic mass is 35.5. The molecule has 1 aromatic carbocycles. The summed E-state index contributed by atoms with van der Waals surface area (Å²) in [6.45, 7) is 2.16. The maximum Gasteiger partial charge on any atom is 0.261 e. The molecule has 0 radical (unpaired) electrons. The topological polar surface area (TPSA) is 66.5 Å². The van der Waals surface area contributed by atoms with Gasteiger partial charge in [-0.3, -0.25) is 9.10 Å². The lowest BCUT2D eigenvalue weighted by atomic mass is 10.2. The van der Waals surface area contributed by atoms with E-state index in [1.807, 2.05) is 5.38 Å². The van der Waals surface area contributed by atoms with Crippen molar-refractivity contribution in [3.63, 3.8) is 0 Å². The van der Waals surface area contributed by atoms with Gasteiger partial charge >= 0.3 is 0 Å². The van der Waals surface area contributed by atoms with E-state index in [1.165, 1.54) is 15.6 Å². The fraction of sp³-hybridized carbons (Fsp3) is 0.267. The first-order chi connectivity index (χ1) is 10.8. The number of nitrogens with one attached hydrogen (secondary N) is 1. The minimum absolute atomic E-state index is 0.151. The van der Waals surface area contributed by atoms with Crippen LogP contribution in [0.2, 0.25) is 5.02 Å². The number of carbonyl (C=O) groups is 1. The minimum Gasteiger partial charge on any atom is -0.350 e. The molecule has 2 rings (SSSR count). The van der Waals surface area contributed by atoms with Crippen LogP contribution in [-0.2, 0) is 10.0 Å². The number of benzene rings is 1. The molecule has 0 atom stereocenters. The van der Waals surface area contributed by atoms with Crippen molar-refractivity contribution in [1.29, 1.82) is 0 Å². The Hall–Kier alpha value is -1.57. The third-order valence-electron chi connectivity index (χ3n) is 3.17. The molecule has 0 fully saturated rings. The summed E-state index contributed by atoms with van der Waals surface area (Å²) < 4.78 is 25.4. The van der Waals surface area contributed by atoms with Gasteiger partial charge in [-0.05, 0) is 42.1 Å². The van der Waals surface area contributed by atoms with Crippen LogP contribution >= 0.6 is 22.9 Å². The molecule has 0 spiro atoms. The van der Waals surface area contributed by atoms with E-state index in [1.54, 1.807) is 37.3 Å². The molecule has 1 amide bonds. The zero-order chi connectivity index (χ0) is 17.0. The van der Waals surface area contributed by atoms with Gasteiger partial charge in [0.25, 0.3) is 5.91 Å². The van der Waals surface area contributed by atoms with E-state index < -0.39 is 10.0 Å². The molecule has 8 heteroatoms. The second kappa shape index (κ2) is 7.33. The van der Waals surface area contributed by atoms with Crippen LogP contribution in [0.1, 0.15) is 15.2 Å². The predicted octanol–water partition coefficient (Wildman–Crippen LogP) is 2.91. The standard InChI is InChI=1S/C15H17ClN2O3S2/c1-11-10-12(16)5-6-13(11)18(23(2,20)21)8-7-17-15(19)14-4-3-9-22-14/h3-6,9-10H,7-8H2,1-2H3,(H,17,19). The normalized spacial score (nSPS) is 11.3. The Morgan fingerprint density at radius 3 is 2.65 bits per heavy atom. The highest BCUT2D eigenvalue weighted by Crippen LogP contribution is 2.25. The van der Waals surface area contributed by atoms with Crippen molar-refractivity contribution in [2.24, 2.45) is 0 Å². The summed E-state index contributed by atoms with van der Waals surface area (Å²) in [5.41, 5.74) is 1.31. The molecule has 0 unspecified atom stereocenters. The summed E-state index contributed by atoms with van der Waals surface area (Å²) in [4.78, 5) is 12.5. The second-order valence-electron chi connectivity index (χ2n) is 5.00. The number of sulfonamides is 1. The van der Waals surface area contributed by atoms with Crippen LogP contribution in [0, 0.1) is 6.92 Å². The number of nitrogens with zero attached hydrogens (tertiary/aromatic N) is 1. The third-order valence-corrected chi connectivity index (χ3v) is 5.46. The molecule has 0 saturated carbocycles. The van der Waals surface area contributed by atoms with Gasteiger partial charge in [0.1, 0.15) is 0 Å². The average Bonchev–Trinajstić information content (AvgIpc) is 2.97. The molecule has 23 heavy (non-hydrogen) atoms. The Morgan fingerprint density at radius 1 is 1.35 bits per heavy atom. The van der Waals surface area contributed by atoms with E-state index in [2.05, 4.69) is 5.32 Å². The number of carbonyl (C=O) groups excluding carboxylic acids is 1. The Kier molecular flexibility index (Phi) is 5.67. The van der Waals surface area contributed by atoms with E-state index >= 15 is 0 Å². The minimum atomic E-state index is -3.46. The maximum atomic E-state index is 12.1. The fourth-order valence-electron chi connectivity index (χ4n) is 2.13. The van der Waals surface area contributed by atoms with Crippen molar-refractivity contribution in [3.8, 4) is 0 Å². The Morgan fingerprint density at radius 2 is 2.09 bits per heavy atom. The molecule has 0 aliphatic carbocycles. The maximum absolute atomic E-state index is 12.1. The second-order valence-corrected chi connectivity index (χ2v) is 8.29. The van der Waals surface area contributed by atoms with E-state index in [4.69, 9.17) is 11.6 Å². The molecule has 124 valence electrons. The molecule has 0 bridgehead atoms. The smallest absolute Gasteiger partial charge is 0.261 e. The van der Waals surface area contributed by atoms with Crippen LogP contribution in [0.5, 0.6) is 0 Å². The van der Waals surface area contributed by atoms with Crippen LogP contribution in [-0.4, -0.2) is 33.7 Å². The van der Waals surface area contributed by atoms with Crippen molar-refractivity contribution in [3.05, 3.63) is 51.2 Å². The molecule has 0 saturated heterocycles. The third kappa shape index (κ3) is 4.70. The first-order valence-corrected chi connectivity index (χ1v) is 9.95. The Balaban J connectivity index is 2.10. The summed E-state index contributed by atoms with van der Waals surface area (Å²) in [6, 6.07) is 8.53. The number of halogens is 1. The molecule has 2 aromatic rings. The SMILES string of the molecule is Cc1cc(Cl)ccc1N(CCNC(=O)c1cccs1)S(C)(=O)=O. The van der Waals surface area contributed by atoms with Gasteiger partial charge in [0, 0.05) is 11.6 Å². The largest absolute Gasteiger partial charge is 0.350 e. The summed E-state index contributed by atoms with van der Waals surface area (Å²) in [6.07, 6.45) is 1.14. The number of hydrogen-bond acceptors (Lipinski definition) is 4. The van der Waals surface area contributed by atoms with Crippen molar-refractivity contribution >= 4 is 44.6 Å². The lowest BCUT2D eigenvalue weighted by molar-refractivity contribution is 0.0959. The van der Waals surface area contributed by atoms with E-state index in [9.17, 15) is 13.2 Å². The van der Waals surface area contributed by atoms with E-state index in [-0.39, 0.29) is 19.0 Å². The van der Waals surface area contributed by atoms with E-state index in [0.717, 1.165) is 11.8 Å². The molecular formula is C15H17ClN2O3S2. The molecule has 1 N–H and O–H groups in total. The molecular weight excluding hydrogens is 356 g/mol. The quantitative estimate of drug-likeness (QED) is 0.847. The summed E-state index contributed by atoms with van der Waals surface area (Å²) in [7, 11) is -3.46. The first-order valence-electron chi connectivity index (χ1n) is 6.84. The van der Waals surface area contributed by atoms with Gasteiger partial charge in [-0.25, -0.2) is 8.42 Å². The van der Waals surface area contributed by atoms with Gasteiger partial charge in [-0.2, -0.15) is 0 Å². The van der Waals surface area contributed by atoms with Crippen LogP contribution in [0.4, 0.5) is 5.69 Å². The van der Waals surface area contributed by atoms with Crippen molar-refractivity contribution in [1.82, 2.24) is 5.32 Å². The van der Waals surface area contributed by atoms with Crippen LogP contribution in [0.15, 0.2) is 35.7 Å². The molecule has 1 aromatic heterocycles. The lowest BCUT2D eigenvalue weighted by Crippen LogP contribution is -2.38. The van der Waals surface area contributed by atoms with E-state index in [0.29, 0.717) is 15.6 Å². The predicted molar refractivity (Wildman–Crippen MR) is 95.0 cm³/mol. The number of rotatable bonds is 6. The lowest BCUT2D eigenvalue weighted by Gasteiger charge is -2.24. The molecule has 1 heterocycles. The van der Waals surface area contributed by atoms with Crippen LogP contribution < -0.4 is 9.62 Å². The average molecular weight is 373 g/mol. The van der Waals surface area contributed by atoms with Gasteiger partial charge in [-0.1, -0.05) is 17.7 Å². The van der Waals surface area contributed by atoms with Crippen LogP contribution in [0.25, 0.3) is 0 Å². The number of aryl methyl sites for hydroxylation is 1. The number of anilines is 1. The van der Waals surface area contributed by atoms with Gasteiger partial charge in [0.15, 0.2) is 0 Å². The summed E-state index contributed by atoms with van der Waals surface area (Å²) in [5.74, 6) is -0.207. The summed E-state index contributed by atoms with van der Waals surface area (Å²) >= 11 is 7.25. The number of amides is 1. The highest BCUT2D eigenvalue weighted by Gasteiger charge is 2.19. The van der Waals surface area contributed by atoms with Gasteiger partial charge in [0.05, 0.1) is 23.4 Å². The van der Waals surface area contributed by atoms with Crippen molar-refractivity contribution in [2.75, 3.05) is 23.7 Å². The van der Waals surface area contributed by atoms with Gasteiger partial charge < -0.3 is 5.32 Å². The number of thiophene rings is 1. The molecule has 0 aliphatic heterocycles. The Bertz CT molecular complexity index is 789. The van der Waals surface area contributed by atoms with Gasteiger partial charge in [-0.15, -0.1) is 11.3 Å². The van der Waals surface area contributed by atoms with Crippen molar-refractivity contribution in [2.45, 2.75) is 6.92 Å². The molecule has 5 nitrogen and oxygen atoms in total. The fourth-order valence-corrected chi connectivity index (χ4v) is 3.98. The summed E-state index contributed by atoms with van der Waals surface area (Å²) in [5, 5.41) is 5.09. The Labute approximate surface area is 144 Å². The van der Waals surface area contributed by atoms with Gasteiger partial charge in [0.2, 0.25) is 10.0 Å². The monoisotopic (exact) mass is 372 g/mol. The highest BCUT2D eigenvalue weighted by molar-refractivity contribution is 7.92. The van der Waals surface area contributed by atoms with Crippen molar-refractivity contribution < 1.29 is 13.2 Å². The zero-order valence-electron chi connectivity index (χ0n) is 12.7. The zero-order valence-corrected chi connectivity index (χ0v) is 15.1. The first kappa shape index (κ1) is 17.8.